The largest absolute Gasteiger partial charge is 0.505 e. The van der Waals surface area contributed by atoms with E-state index in [-0.39, 0.29) is 26.2 Å². The van der Waals surface area contributed by atoms with Crippen molar-refractivity contribution in [3.63, 3.8) is 0 Å². The van der Waals surface area contributed by atoms with E-state index in [1.165, 1.54) is 18.2 Å². The number of halogens is 6. The lowest BCUT2D eigenvalue weighted by molar-refractivity contribution is -0.142. The molecule has 0 aliphatic heterocycles. The van der Waals surface area contributed by atoms with E-state index in [2.05, 4.69) is 4.98 Å². The Bertz CT molecular complexity index is 674. The maximum atomic E-state index is 12.7. The van der Waals surface area contributed by atoms with Gasteiger partial charge in [0.25, 0.3) is 0 Å². The summed E-state index contributed by atoms with van der Waals surface area (Å²) in [6, 6.07) is 3.95. The van der Waals surface area contributed by atoms with Gasteiger partial charge in [-0.3, -0.25) is 0 Å². The maximum Gasteiger partial charge on any atom is 0.437 e. The van der Waals surface area contributed by atoms with Gasteiger partial charge in [-0.25, -0.2) is 4.98 Å². The number of benzene rings is 1. The van der Waals surface area contributed by atoms with Crippen molar-refractivity contribution in [3.05, 3.63) is 45.2 Å². The van der Waals surface area contributed by atoms with Crippen molar-refractivity contribution in [1.29, 1.82) is 0 Å². The third-order valence-electron chi connectivity index (χ3n) is 2.51. The monoisotopic (exact) mass is 341 g/mol. The molecule has 0 aliphatic rings. The van der Waals surface area contributed by atoms with Crippen LogP contribution in [0, 0.1) is 0 Å². The van der Waals surface area contributed by atoms with Crippen molar-refractivity contribution in [2.45, 2.75) is 6.18 Å². The molecule has 1 heterocycles. The molecule has 2 nitrogen and oxygen atoms in total. The molecular formula is C12H5Cl3F3NO. The van der Waals surface area contributed by atoms with Crippen LogP contribution in [0.2, 0.25) is 15.1 Å². The Labute approximate surface area is 126 Å². The van der Waals surface area contributed by atoms with Crippen molar-refractivity contribution in [1.82, 2.24) is 4.98 Å². The summed E-state index contributed by atoms with van der Waals surface area (Å²) in [6.45, 7) is 0. The second kappa shape index (κ2) is 5.31. The fourth-order valence-corrected chi connectivity index (χ4v) is 2.37. The number of pyridine rings is 1. The molecule has 0 amide bonds. The molecule has 0 atom stereocenters. The summed E-state index contributed by atoms with van der Waals surface area (Å²) >= 11 is 17.7. The molecule has 0 unspecified atom stereocenters. The highest BCUT2D eigenvalue weighted by Crippen LogP contribution is 2.45. The topological polar surface area (TPSA) is 33.1 Å². The minimum absolute atomic E-state index is 0.0197. The summed E-state index contributed by atoms with van der Waals surface area (Å²) in [4.78, 5) is 3.12. The average Bonchev–Trinajstić information content (AvgIpc) is 2.35. The molecule has 0 saturated carbocycles. The fraction of sp³-hybridized carbons (Fsp3) is 0.0833. The Kier molecular flexibility index (Phi) is 4.04. The minimum Gasteiger partial charge on any atom is -0.505 e. The first-order valence-electron chi connectivity index (χ1n) is 5.12. The quantitative estimate of drug-likeness (QED) is 0.701. The van der Waals surface area contributed by atoms with Crippen LogP contribution in [-0.4, -0.2) is 10.1 Å². The Balaban J connectivity index is 2.76. The van der Waals surface area contributed by atoms with Gasteiger partial charge in [-0.1, -0.05) is 34.8 Å². The summed E-state index contributed by atoms with van der Waals surface area (Å²) in [5.74, 6) is -1.05. The van der Waals surface area contributed by atoms with E-state index >= 15 is 0 Å². The molecule has 1 aromatic carbocycles. The molecular weight excluding hydrogens is 337 g/mol. The smallest absolute Gasteiger partial charge is 0.437 e. The van der Waals surface area contributed by atoms with Crippen LogP contribution in [-0.2, 0) is 6.18 Å². The molecule has 0 fully saturated rings. The molecule has 1 aromatic heterocycles. The van der Waals surface area contributed by atoms with E-state index in [4.69, 9.17) is 34.8 Å². The third kappa shape index (κ3) is 2.66. The van der Waals surface area contributed by atoms with Gasteiger partial charge in [0.1, 0.15) is 0 Å². The summed E-state index contributed by atoms with van der Waals surface area (Å²) in [5.41, 5.74) is -1.59. The summed E-state index contributed by atoms with van der Waals surface area (Å²) in [5, 5.41) is 9.90. The second-order valence-electron chi connectivity index (χ2n) is 3.77. The van der Waals surface area contributed by atoms with E-state index in [1.807, 2.05) is 0 Å². The summed E-state index contributed by atoms with van der Waals surface area (Å²) in [7, 11) is 0. The number of rotatable bonds is 1. The van der Waals surface area contributed by atoms with E-state index in [0.717, 1.165) is 6.20 Å². The van der Waals surface area contributed by atoms with Gasteiger partial charge in [0.15, 0.2) is 11.4 Å². The zero-order chi connectivity index (χ0) is 15.1. The van der Waals surface area contributed by atoms with Crippen LogP contribution in [0.25, 0.3) is 11.1 Å². The third-order valence-corrected chi connectivity index (χ3v) is 3.63. The number of hydrogen-bond donors (Lipinski definition) is 1. The highest BCUT2D eigenvalue weighted by Gasteiger charge is 2.37. The Hall–Kier alpha value is -1.17. The summed E-state index contributed by atoms with van der Waals surface area (Å²) in [6.07, 6.45) is -3.89. The van der Waals surface area contributed by atoms with Crippen LogP contribution in [0.4, 0.5) is 13.2 Å². The Morgan fingerprint density at radius 3 is 2.20 bits per heavy atom. The average molecular weight is 343 g/mol. The molecule has 0 saturated heterocycles. The second-order valence-corrected chi connectivity index (χ2v) is 4.96. The lowest BCUT2D eigenvalue weighted by atomic mass is 10.0. The first-order chi connectivity index (χ1) is 9.23. The predicted octanol–water partition coefficient (Wildman–Crippen LogP) is 5.43. The Morgan fingerprint density at radius 1 is 1.00 bits per heavy atom. The van der Waals surface area contributed by atoms with Crippen molar-refractivity contribution in [2.75, 3.05) is 0 Å². The molecule has 0 spiro atoms. The number of alkyl halides is 3. The van der Waals surface area contributed by atoms with Crippen molar-refractivity contribution < 1.29 is 18.3 Å². The Morgan fingerprint density at radius 2 is 1.60 bits per heavy atom. The van der Waals surface area contributed by atoms with Crippen LogP contribution >= 0.6 is 34.8 Å². The molecule has 0 radical (unpaired) electrons. The zero-order valence-corrected chi connectivity index (χ0v) is 11.7. The van der Waals surface area contributed by atoms with Crippen LogP contribution in [0.1, 0.15) is 5.69 Å². The van der Waals surface area contributed by atoms with Gasteiger partial charge >= 0.3 is 6.18 Å². The molecule has 1 N–H and O–H groups in total. The number of hydrogen-bond acceptors (Lipinski definition) is 2. The van der Waals surface area contributed by atoms with Crippen LogP contribution < -0.4 is 0 Å². The molecule has 106 valence electrons. The van der Waals surface area contributed by atoms with Crippen molar-refractivity contribution in [3.8, 4) is 16.9 Å². The highest BCUT2D eigenvalue weighted by molar-refractivity contribution is 6.46. The maximum absolute atomic E-state index is 12.7. The van der Waals surface area contributed by atoms with E-state index in [0.29, 0.717) is 0 Å². The summed E-state index contributed by atoms with van der Waals surface area (Å²) < 4.78 is 38.1. The van der Waals surface area contributed by atoms with Gasteiger partial charge in [-0.15, -0.1) is 0 Å². The predicted molar refractivity (Wildman–Crippen MR) is 71.4 cm³/mol. The molecule has 2 aromatic rings. The number of nitrogens with zero attached hydrogens (tertiary/aromatic N) is 1. The van der Waals surface area contributed by atoms with E-state index < -0.39 is 17.6 Å². The van der Waals surface area contributed by atoms with Gasteiger partial charge in [0.2, 0.25) is 0 Å². The molecule has 2 rings (SSSR count). The molecule has 8 heteroatoms. The normalized spacial score (nSPS) is 11.7. The van der Waals surface area contributed by atoms with Crippen LogP contribution in [0.3, 0.4) is 0 Å². The van der Waals surface area contributed by atoms with E-state index in [1.54, 1.807) is 0 Å². The first-order valence-corrected chi connectivity index (χ1v) is 6.26. The van der Waals surface area contributed by atoms with Gasteiger partial charge < -0.3 is 5.11 Å². The molecule has 20 heavy (non-hydrogen) atoms. The fourth-order valence-electron chi connectivity index (χ4n) is 1.64. The van der Waals surface area contributed by atoms with E-state index in [9.17, 15) is 18.3 Å². The minimum atomic E-state index is -4.79. The number of aromatic nitrogens is 1. The van der Waals surface area contributed by atoms with Crippen molar-refractivity contribution >= 4 is 34.8 Å². The lowest BCUT2D eigenvalue weighted by Crippen LogP contribution is -2.08. The van der Waals surface area contributed by atoms with Crippen LogP contribution in [0.15, 0.2) is 24.4 Å². The van der Waals surface area contributed by atoms with Crippen molar-refractivity contribution in [2.24, 2.45) is 0 Å². The lowest BCUT2D eigenvalue weighted by Gasteiger charge is -2.14. The van der Waals surface area contributed by atoms with Gasteiger partial charge in [0.05, 0.1) is 15.1 Å². The SMILES string of the molecule is Oc1c(-c2c(Cl)ccc(Cl)c2Cl)ccnc1C(F)(F)F. The van der Waals surface area contributed by atoms with Gasteiger partial charge in [0, 0.05) is 17.3 Å². The first kappa shape index (κ1) is 15.2. The zero-order valence-electron chi connectivity index (χ0n) is 9.47. The van der Waals surface area contributed by atoms with Gasteiger partial charge in [-0.05, 0) is 18.2 Å². The van der Waals surface area contributed by atoms with Crippen LogP contribution in [0.5, 0.6) is 5.75 Å². The number of aromatic hydroxyl groups is 1. The standard InChI is InChI=1S/C12H5Cl3F3NO/c13-6-1-2-7(14)9(15)8(6)5-3-4-19-11(10(5)20)12(16,17)18/h1-4,20H. The highest BCUT2D eigenvalue weighted by atomic mass is 35.5. The molecule has 0 aliphatic carbocycles. The van der Waals surface area contributed by atoms with Gasteiger partial charge in [-0.2, -0.15) is 13.2 Å². The molecule has 0 bridgehead atoms.